The average molecular weight is 193 g/mol. The minimum Gasteiger partial charge on any atom is -0.342 e. The maximum Gasteiger partial charge on any atom is 0.240 e. The van der Waals surface area contributed by atoms with Gasteiger partial charge in [0.1, 0.15) is 4.88 Å². The third kappa shape index (κ3) is 1.38. The second-order valence-corrected chi connectivity index (χ2v) is 3.39. The van der Waals surface area contributed by atoms with E-state index in [1.54, 1.807) is 17.9 Å². The lowest BCUT2D eigenvalue weighted by atomic mass is 10.3. The van der Waals surface area contributed by atoms with Crippen LogP contribution in [0.1, 0.15) is 21.2 Å². The lowest BCUT2D eigenvalue weighted by molar-refractivity contribution is 0.103. The molecule has 0 aliphatic heterocycles. The molecule has 0 amide bonds. The van der Waals surface area contributed by atoms with Crippen molar-refractivity contribution < 1.29 is 4.79 Å². The molecule has 66 valence electrons. The van der Waals surface area contributed by atoms with Gasteiger partial charge in [-0.2, -0.15) is 0 Å². The van der Waals surface area contributed by atoms with Crippen LogP contribution >= 0.6 is 11.3 Å². The topological polar surface area (TPSA) is 58.6 Å². The van der Waals surface area contributed by atoms with Crippen LogP contribution in [0.15, 0.2) is 17.9 Å². The van der Waals surface area contributed by atoms with Crippen molar-refractivity contribution in [3.8, 4) is 0 Å². The number of hydrogen-bond acceptors (Lipinski definition) is 4. The summed E-state index contributed by atoms with van der Waals surface area (Å²) in [4.78, 5) is 23.0. The predicted molar refractivity (Wildman–Crippen MR) is 48.9 cm³/mol. The fraction of sp³-hybridized carbons (Fsp3) is 0.125. The van der Waals surface area contributed by atoms with Crippen LogP contribution in [0.5, 0.6) is 0 Å². The molecule has 0 saturated heterocycles. The van der Waals surface area contributed by atoms with E-state index in [0.29, 0.717) is 10.7 Å². The Morgan fingerprint density at radius 1 is 1.54 bits per heavy atom. The maximum atomic E-state index is 11.7. The normalized spacial score (nSPS) is 10.2. The molecule has 0 aliphatic rings. The van der Waals surface area contributed by atoms with E-state index in [1.807, 2.05) is 6.92 Å². The Morgan fingerprint density at radius 3 is 2.92 bits per heavy atom. The minimum atomic E-state index is -0.0926. The van der Waals surface area contributed by atoms with Gasteiger partial charge in [-0.05, 0) is 6.92 Å². The molecule has 0 aliphatic carbocycles. The average Bonchev–Trinajstić information content (AvgIpc) is 2.72. The van der Waals surface area contributed by atoms with Crippen LogP contribution in [-0.2, 0) is 0 Å². The molecule has 0 bridgehead atoms. The Bertz CT molecular complexity index is 418. The van der Waals surface area contributed by atoms with E-state index >= 15 is 0 Å². The number of aromatic amines is 1. The van der Waals surface area contributed by atoms with Gasteiger partial charge in [0.05, 0.1) is 11.2 Å². The highest BCUT2D eigenvalue weighted by Crippen LogP contribution is 2.15. The monoisotopic (exact) mass is 193 g/mol. The zero-order valence-corrected chi connectivity index (χ0v) is 7.76. The highest BCUT2D eigenvalue weighted by Gasteiger charge is 2.15. The highest BCUT2D eigenvalue weighted by atomic mass is 32.1. The summed E-state index contributed by atoms with van der Waals surface area (Å²) in [7, 11) is 0. The van der Waals surface area contributed by atoms with Gasteiger partial charge in [0, 0.05) is 12.4 Å². The summed E-state index contributed by atoms with van der Waals surface area (Å²) in [6.07, 6.45) is 3.19. The Hall–Kier alpha value is -1.49. The smallest absolute Gasteiger partial charge is 0.240 e. The second-order valence-electron chi connectivity index (χ2n) is 2.53. The van der Waals surface area contributed by atoms with E-state index in [2.05, 4.69) is 15.0 Å². The van der Waals surface area contributed by atoms with Crippen molar-refractivity contribution in [2.45, 2.75) is 6.92 Å². The number of carbonyl (C=O) groups is 1. The van der Waals surface area contributed by atoms with Gasteiger partial charge in [-0.3, -0.25) is 4.79 Å². The number of H-pyrrole nitrogens is 1. The van der Waals surface area contributed by atoms with Crippen molar-refractivity contribution in [3.63, 3.8) is 0 Å². The molecule has 2 rings (SSSR count). The molecule has 4 nitrogen and oxygen atoms in total. The SMILES string of the molecule is Cc1ncsc1C(=O)c1ncc[nH]1. The fourth-order valence-electron chi connectivity index (χ4n) is 1.02. The Kier molecular flexibility index (Phi) is 1.94. The summed E-state index contributed by atoms with van der Waals surface area (Å²) in [6, 6.07) is 0. The molecule has 0 fully saturated rings. The van der Waals surface area contributed by atoms with Gasteiger partial charge in [0.2, 0.25) is 5.78 Å². The number of aryl methyl sites for hydroxylation is 1. The quantitative estimate of drug-likeness (QED) is 0.733. The maximum absolute atomic E-state index is 11.7. The van der Waals surface area contributed by atoms with Gasteiger partial charge in [0.25, 0.3) is 0 Å². The number of hydrogen-bond donors (Lipinski definition) is 1. The molecular formula is C8H7N3OS. The van der Waals surface area contributed by atoms with E-state index in [0.717, 1.165) is 5.69 Å². The zero-order chi connectivity index (χ0) is 9.26. The molecule has 0 saturated carbocycles. The summed E-state index contributed by atoms with van der Waals surface area (Å²) in [5, 5.41) is 0. The van der Waals surface area contributed by atoms with E-state index in [1.165, 1.54) is 11.3 Å². The summed E-state index contributed by atoms with van der Waals surface area (Å²) < 4.78 is 0. The summed E-state index contributed by atoms with van der Waals surface area (Å²) in [5.41, 5.74) is 2.41. The molecule has 2 heterocycles. The van der Waals surface area contributed by atoms with Crippen LogP contribution in [0.3, 0.4) is 0 Å². The molecule has 0 atom stereocenters. The predicted octanol–water partition coefficient (Wildman–Crippen LogP) is 1.41. The zero-order valence-electron chi connectivity index (χ0n) is 6.94. The van der Waals surface area contributed by atoms with Gasteiger partial charge in [0.15, 0.2) is 5.82 Å². The first-order chi connectivity index (χ1) is 6.29. The van der Waals surface area contributed by atoms with E-state index in [9.17, 15) is 4.79 Å². The lowest BCUT2D eigenvalue weighted by Gasteiger charge is -1.92. The second kappa shape index (κ2) is 3.10. The van der Waals surface area contributed by atoms with Crippen molar-refractivity contribution in [3.05, 3.63) is 34.3 Å². The number of rotatable bonds is 2. The van der Waals surface area contributed by atoms with Crippen molar-refractivity contribution in [2.24, 2.45) is 0 Å². The van der Waals surface area contributed by atoms with Crippen molar-refractivity contribution in [1.82, 2.24) is 15.0 Å². The standard InChI is InChI=1S/C8H7N3OS/c1-5-7(13-4-11-5)6(12)8-9-2-3-10-8/h2-4H,1H3,(H,9,10). The summed E-state index contributed by atoms with van der Waals surface area (Å²) in [6.45, 7) is 1.81. The van der Waals surface area contributed by atoms with Gasteiger partial charge in [-0.25, -0.2) is 9.97 Å². The van der Waals surface area contributed by atoms with Crippen LogP contribution in [0.2, 0.25) is 0 Å². The first-order valence-corrected chi connectivity index (χ1v) is 4.61. The van der Waals surface area contributed by atoms with E-state index < -0.39 is 0 Å². The Morgan fingerprint density at radius 2 is 2.38 bits per heavy atom. The molecule has 0 spiro atoms. The number of thiazole rings is 1. The number of aromatic nitrogens is 3. The van der Waals surface area contributed by atoms with Crippen molar-refractivity contribution in [2.75, 3.05) is 0 Å². The van der Waals surface area contributed by atoms with Gasteiger partial charge < -0.3 is 4.98 Å². The first kappa shape index (κ1) is 8.12. The van der Waals surface area contributed by atoms with Gasteiger partial charge in [-0.15, -0.1) is 11.3 Å². The fourth-order valence-corrected chi connectivity index (χ4v) is 1.76. The number of nitrogens with one attached hydrogen (secondary N) is 1. The molecular weight excluding hydrogens is 186 g/mol. The van der Waals surface area contributed by atoms with Crippen LogP contribution in [-0.4, -0.2) is 20.7 Å². The van der Waals surface area contributed by atoms with Crippen LogP contribution in [0.25, 0.3) is 0 Å². The van der Waals surface area contributed by atoms with Crippen molar-refractivity contribution in [1.29, 1.82) is 0 Å². The third-order valence-corrected chi connectivity index (χ3v) is 2.59. The lowest BCUT2D eigenvalue weighted by Crippen LogP contribution is -2.02. The molecule has 13 heavy (non-hydrogen) atoms. The van der Waals surface area contributed by atoms with E-state index in [4.69, 9.17) is 0 Å². The molecule has 5 heteroatoms. The molecule has 2 aromatic rings. The molecule has 1 N–H and O–H groups in total. The summed E-state index contributed by atoms with van der Waals surface area (Å²) >= 11 is 1.34. The Balaban J connectivity index is 2.39. The highest BCUT2D eigenvalue weighted by molar-refractivity contribution is 7.12. The Labute approximate surface area is 78.7 Å². The van der Waals surface area contributed by atoms with Crippen LogP contribution in [0, 0.1) is 6.92 Å². The minimum absolute atomic E-state index is 0.0926. The number of imidazole rings is 1. The third-order valence-electron chi connectivity index (χ3n) is 1.67. The van der Waals surface area contributed by atoms with Crippen molar-refractivity contribution >= 4 is 17.1 Å². The molecule has 0 radical (unpaired) electrons. The summed E-state index contributed by atoms with van der Waals surface area (Å²) in [5.74, 6) is 0.275. The van der Waals surface area contributed by atoms with Gasteiger partial charge >= 0.3 is 0 Å². The van der Waals surface area contributed by atoms with Crippen LogP contribution in [0.4, 0.5) is 0 Å². The molecule has 0 unspecified atom stereocenters. The molecule has 2 aromatic heterocycles. The van der Waals surface area contributed by atoms with Gasteiger partial charge in [-0.1, -0.05) is 0 Å². The first-order valence-electron chi connectivity index (χ1n) is 3.73. The number of ketones is 1. The number of nitrogens with zero attached hydrogens (tertiary/aromatic N) is 2. The van der Waals surface area contributed by atoms with Crippen LogP contribution < -0.4 is 0 Å². The largest absolute Gasteiger partial charge is 0.342 e. The molecule has 0 aromatic carbocycles. The van der Waals surface area contributed by atoms with E-state index in [-0.39, 0.29) is 5.78 Å². The number of carbonyl (C=O) groups excluding carboxylic acids is 1.